The lowest BCUT2D eigenvalue weighted by Crippen LogP contribution is -2.29. The maximum absolute atomic E-state index is 13.2. The Kier molecular flexibility index (Phi) is 4.71. The van der Waals surface area contributed by atoms with Crippen molar-refractivity contribution < 1.29 is 4.39 Å². The lowest BCUT2D eigenvalue weighted by atomic mass is 10.0. The highest BCUT2D eigenvalue weighted by molar-refractivity contribution is 6.42. The van der Waals surface area contributed by atoms with E-state index in [0.29, 0.717) is 22.0 Å². The van der Waals surface area contributed by atoms with Gasteiger partial charge in [0.1, 0.15) is 5.82 Å². The Morgan fingerprint density at radius 3 is 2.63 bits per heavy atom. The number of rotatable bonds is 4. The minimum Gasteiger partial charge on any atom is -0.271 e. The Hall–Kier alpha value is -1.20. The molecule has 3 N–H and O–H groups in total. The van der Waals surface area contributed by atoms with Crippen LogP contribution in [0.25, 0.3) is 0 Å². The highest BCUT2D eigenvalue weighted by atomic mass is 35.5. The molecular formula is C13H12Cl2FN3. The van der Waals surface area contributed by atoms with E-state index in [0.717, 1.165) is 11.8 Å². The van der Waals surface area contributed by atoms with Crippen LogP contribution in [-0.2, 0) is 6.42 Å². The SMILES string of the molecule is NNC(Cc1ccc(Cl)c(Cl)c1)c1cncc(F)c1. The van der Waals surface area contributed by atoms with Crippen molar-refractivity contribution in [1.82, 2.24) is 10.4 Å². The zero-order valence-electron chi connectivity index (χ0n) is 9.91. The second-order valence-electron chi connectivity index (χ2n) is 4.11. The molecule has 1 aromatic heterocycles. The van der Waals surface area contributed by atoms with Gasteiger partial charge in [0, 0.05) is 6.20 Å². The smallest absolute Gasteiger partial charge is 0.141 e. The number of nitrogens with zero attached hydrogens (tertiary/aromatic N) is 1. The molecule has 0 aliphatic carbocycles. The van der Waals surface area contributed by atoms with Crippen LogP contribution in [0.1, 0.15) is 17.2 Å². The predicted molar refractivity (Wildman–Crippen MR) is 74.4 cm³/mol. The molecule has 0 amide bonds. The molecule has 1 unspecified atom stereocenters. The minimum absolute atomic E-state index is 0.250. The monoisotopic (exact) mass is 299 g/mol. The Bertz CT molecular complexity index is 578. The van der Waals surface area contributed by atoms with Crippen LogP contribution >= 0.6 is 23.2 Å². The van der Waals surface area contributed by atoms with Crippen LogP contribution in [0.5, 0.6) is 0 Å². The zero-order valence-corrected chi connectivity index (χ0v) is 11.4. The Balaban J connectivity index is 2.21. The van der Waals surface area contributed by atoms with Gasteiger partial charge in [-0.25, -0.2) is 4.39 Å². The highest BCUT2D eigenvalue weighted by Crippen LogP contribution is 2.25. The molecule has 0 spiro atoms. The van der Waals surface area contributed by atoms with Crippen molar-refractivity contribution in [1.29, 1.82) is 0 Å². The van der Waals surface area contributed by atoms with E-state index in [9.17, 15) is 4.39 Å². The molecule has 0 aliphatic rings. The number of benzene rings is 1. The summed E-state index contributed by atoms with van der Waals surface area (Å²) in [5.74, 6) is 5.11. The number of pyridine rings is 1. The third-order valence-corrected chi connectivity index (χ3v) is 3.49. The lowest BCUT2D eigenvalue weighted by Gasteiger charge is -2.16. The van der Waals surface area contributed by atoms with Gasteiger partial charge >= 0.3 is 0 Å². The van der Waals surface area contributed by atoms with Crippen molar-refractivity contribution in [3.05, 3.63) is 63.6 Å². The summed E-state index contributed by atoms with van der Waals surface area (Å²) < 4.78 is 13.2. The Morgan fingerprint density at radius 1 is 1.21 bits per heavy atom. The Labute approximate surface area is 120 Å². The predicted octanol–water partition coefficient (Wildman–Crippen LogP) is 3.27. The van der Waals surface area contributed by atoms with Crippen molar-refractivity contribution >= 4 is 23.2 Å². The topological polar surface area (TPSA) is 50.9 Å². The van der Waals surface area contributed by atoms with Crippen LogP contribution in [0.3, 0.4) is 0 Å². The summed E-state index contributed by atoms with van der Waals surface area (Å²) >= 11 is 11.8. The van der Waals surface area contributed by atoms with Crippen LogP contribution < -0.4 is 11.3 Å². The third kappa shape index (κ3) is 3.64. The van der Waals surface area contributed by atoms with Crippen LogP contribution in [-0.4, -0.2) is 4.98 Å². The summed E-state index contributed by atoms with van der Waals surface area (Å²) in [6, 6.07) is 6.48. The minimum atomic E-state index is -0.396. The number of hydrogen-bond acceptors (Lipinski definition) is 3. The molecule has 2 rings (SSSR count). The summed E-state index contributed by atoms with van der Waals surface area (Å²) in [6.07, 6.45) is 3.28. The molecule has 19 heavy (non-hydrogen) atoms. The first-order valence-electron chi connectivity index (χ1n) is 5.60. The van der Waals surface area contributed by atoms with Crippen molar-refractivity contribution in [3.8, 4) is 0 Å². The fourth-order valence-electron chi connectivity index (χ4n) is 1.79. The molecule has 0 fully saturated rings. The molecule has 0 radical (unpaired) electrons. The van der Waals surface area contributed by atoms with Crippen LogP contribution in [0.2, 0.25) is 10.0 Å². The maximum atomic E-state index is 13.2. The van der Waals surface area contributed by atoms with Gasteiger partial charge in [0.2, 0.25) is 0 Å². The van der Waals surface area contributed by atoms with Crippen molar-refractivity contribution in [2.75, 3.05) is 0 Å². The molecule has 0 bridgehead atoms. The van der Waals surface area contributed by atoms with Crippen LogP contribution in [0, 0.1) is 5.82 Å². The lowest BCUT2D eigenvalue weighted by molar-refractivity contribution is 0.541. The van der Waals surface area contributed by atoms with Crippen LogP contribution in [0.15, 0.2) is 36.7 Å². The van der Waals surface area contributed by atoms with E-state index < -0.39 is 5.82 Å². The molecule has 0 saturated heterocycles. The molecule has 6 heteroatoms. The first-order valence-corrected chi connectivity index (χ1v) is 6.36. The maximum Gasteiger partial charge on any atom is 0.141 e. The molecule has 3 nitrogen and oxygen atoms in total. The molecular weight excluding hydrogens is 288 g/mol. The number of hydrazine groups is 1. The van der Waals surface area contributed by atoms with E-state index in [-0.39, 0.29) is 6.04 Å². The van der Waals surface area contributed by atoms with E-state index in [4.69, 9.17) is 29.0 Å². The first-order chi connectivity index (χ1) is 9.10. The number of hydrogen-bond donors (Lipinski definition) is 2. The van der Waals surface area contributed by atoms with Crippen molar-refractivity contribution in [2.45, 2.75) is 12.5 Å². The second kappa shape index (κ2) is 6.30. The van der Waals surface area contributed by atoms with Gasteiger partial charge in [-0.15, -0.1) is 0 Å². The fraction of sp³-hybridized carbons (Fsp3) is 0.154. The van der Waals surface area contributed by atoms with E-state index in [1.54, 1.807) is 18.3 Å². The quantitative estimate of drug-likeness (QED) is 0.673. The molecule has 2 aromatic rings. The van der Waals surface area contributed by atoms with Gasteiger partial charge < -0.3 is 0 Å². The molecule has 1 heterocycles. The van der Waals surface area contributed by atoms with Gasteiger partial charge in [-0.1, -0.05) is 29.3 Å². The average Bonchev–Trinajstić information content (AvgIpc) is 2.40. The van der Waals surface area contributed by atoms with Gasteiger partial charge in [0.05, 0.1) is 22.3 Å². The largest absolute Gasteiger partial charge is 0.271 e. The summed E-state index contributed by atoms with van der Waals surface area (Å²) in [4.78, 5) is 3.81. The standard InChI is InChI=1S/C13H12Cl2FN3/c14-11-2-1-8(3-12(11)15)4-13(19-17)9-5-10(16)7-18-6-9/h1-3,5-7,13,19H,4,17H2. The molecule has 100 valence electrons. The molecule has 0 saturated carbocycles. The number of nitrogens with two attached hydrogens (primary N) is 1. The van der Waals surface area contributed by atoms with E-state index >= 15 is 0 Å². The molecule has 1 atom stereocenters. The van der Waals surface area contributed by atoms with Crippen molar-refractivity contribution in [3.63, 3.8) is 0 Å². The summed E-state index contributed by atoms with van der Waals surface area (Å²) in [6.45, 7) is 0. The van der Waals surface area contributed by atoms with Gasteiger partial charge in [-0.2, -0.15) is 0 Å². The molecule has 1 aromatic carbocycles. The van der Waals surface area contributed by atoms with Gasteiger partial charge in [0.25, 0.3) is 0 Å². The summed E-state index contributed by atoms with van der Waals surface area (Å²) in [7, 11) is 0. The summed E-state index contributed by atoms with van der Waals surface area (Å²) in [5.41, 5.74) is 4.27. The third-order valence-electron chi connectivity index (χ3n) is 2.75. The van der Waals surface area contributed by atoms with Crippen molar-refractivity contribution in [2.24, 2.45) is 5.84 Å². The number of aromatic nitrogens is 1. The average molecular weight is 300 g/mol. The normalized spacial score (nSPS) is 12.4. The zero-order chi connectivity index (χ0) is 13.8. The van der Waals surface area contributed by atoms with E-state index in [1.165, 1.54) is 6.07 Å². The first kappa shape index (κ1) is 14.2. The second-order valence-corrected chi connectivity index (χ2v) is 4.92. The van der Waals surface area contributed by atoms with E-state index in [2.05, 4.69) is 10.4 Å². The Morgan fingerprint density at radius 2 is 2.00 bits per heavy atom. The van der Waals surface area contributed by atoms with E-state index in [1.807, 2.05) is 6.07 Å². The number of halogens is 3. The van der Waals surface area contributed by atoms with Gasteiger partial charge in [0.15, 0.2) is 0 Å². The number of nitrogens with one attached hydrogen (secondary N) is 1. The van der Waals surface area contributed by atoms with Crippen LogP contribution in [0.4, 0.5) is 4.39 Å². The van der Waals surface area contributed by atoms with Gasteiger partial charge in [-0.05, 0) is 35.7 Å². The molecule has 0 aliphatic heterocycles. The van der Waals surface area contributed by atoms with Gasteiger partial charge in [-0.3, -0.25) is 16.3 Å². The highest BCUT2D eigenvalue weighted by Gasteiger charge is 2.12. The fourth-order valence-corrected chi connectivity index (χ4v) is 2.11. The summed E-state index contributed by atoms with van der Waals surface area (Å²) in [5, 5.41) is 0.974.